The van der Waals surface area contributed by atoms with Gasteiger partial charge in [0.25, 0.3) is 0 Å². The van der Waals surface area contributed by atoms with Crippen molar-refractivity contribution in [1.82, 2.24) is 0 Å². The second kappa shape index (κ2) is 5.57. The number of hydrogen-bond acceptors (Lipinski definition) is 2. The fourth-order valence-corrected chi connectivity index (χ4v) is 4.19. The third-order valence-electron chi connectivity index (χ3n) is 5.25. The predicted molar refractivity (Wildman–Crippen MR) is 81.6 cm³/mol. The molecule has 0 bridgehead atoms. The van der Waals surface area contributed by atoms with E-state index in [1.165, 1.54) is 18.4 Å². The highest BCUT2D eigenvalue weighted by molar-refractivity contribution is 6.30. The number of rotatable bonds is 4. The first-order chi connectivity index (χ1) is 9.64. The quantitative estimate of drug-likeness (QED) is 0.904. The maximum Gasteiger partial charge on any atom is 0.126 e. The van der Waals surface area contributed by atoms with Gasteiger partial charge in [0.1, 0.15) is 5.75 Å². The van der Waals surface area contributed by atoms with Crippen LogP contribution in [0.15, 0.2) is 12.1 Å². The molecule has 0 aromatic heterocycles. The molecule has 1 heterocycles. The van der Waals surface area contributed by atoms with Crippen LogP contribution in [0.4, 0.5) is 0 Å². The Hall–Kier alpha value is -0.730. The number of fused-ring (bicyclic) bond motifs is 1. The van der Waals surface area contributed by atoms with E-state index in [0.29, 0.717) is 6.42 Å². The molecular weight excluding hydrogens is 272 g/mol. The number of ether oxygens (including phenoxy) is 1. The minimum atomic E-state index is -0.290. The van der Waals surface area contributed by atoms with E-state index in [-0.39, 0.29) is 11.5 Å². The fraction of sp³-hybridized carbons (Fsp3) is 0.647. The number of aliphatic hydroxyl groups excluding tert-OH is 1. The van der Waals surface area contributed by atoms with E-state index < -0.39 is 0 Å². The van der Waals surface area contributed by atoms with Crippen molar-refractivity contribution in [2.24, 2.45) is 5.41 Å². The Balaban J connectivity index is 1.84. The molecule has 1 aromatic rings. The Morgan fingerprint density at radius 3 is 2.80 bits per heavy atom. The highest BCUT2D eigenvalue weighted by atomic mass is 35.5. The average Bonchev–Trinajstić information content (AvgIpc) is 3.07. The molecule has 1 aliphatic carbocycles. The Kier molecular flexibility index (Phi) is 3.96. The molecule has 3 rings (SSSR count). The van der Waals surface area contributed by atoms with Gasteiger partial charge in [-0.2, -0.15) is 0 Å². The molecule has 1 fully saturated rings. The topological polar surface area (TPSA) is 29.5 Å². The summed E-state index contributed by atoms with van der Waals surface area (Å²) in [7, 11) is 0. The maximum atomic E-state index is 10.8. The molecule has 0 radical (unpaired) electrons. The molecule has 3 heteroatoms. The standard InChI is InChI=1S/C17H23ClO2/c1-2-17(6-3-4-7-17)15(19)11-13-10-14(18)9-12-5-8-20-16(12)13/h9-10,15,19H,2-8,11H2,1H3. The number of hydrogen-bond donors (Lipinski definition) is 1. The number of aliphatic hydroxyl groups is 1. The zero-order chi connectivity index (χ0) is 14.2. The third kappa shape index (κ3) is 2.44. The van der Waals surface area contributed by atoms with Gasteiger partial charge in [-0.15, -0.1) is 0 Å². The van der Waals surface area contributed by atoms with Crippen LogP contribution in [0.2, 0.25) is 5.02 Å². The van der Waals surface area contributed by atoms with Gasteiger partial charge in [-0.3, -0.25) is 0 Å². The molecule has 1 N–H and O–H groups in total. The van der Waals surface area contributed by atoms with Gasteiger partial charge in [-0.05, 0) is 47.9 Å². The van der Waals surface area contributed by atoms with Crippen LogP contribution in [0, 0.1) is 5.41 Å². The highest BCUT2D eigenvalue weighted by Crippen LogP contribution is 2.45. The van der Waals surface area contributed by atoms with E-state index in [9.17, 15) is 5.11 Å². The number of benzene rings is 1. The minimum absolute atomic E-state index is 0.105. The van der Waals surface area contributed by atoms with Gasteiger partial charge in [-0.1, -0.05) is 31.4 Å². The van der Waals surface area contributed by atoms with Crippen LogP contribution < -0.4 is 4.74 Å². The van der Waals surface area contributed by atoms with Crippen molar-refractivity contribution in [3.05, 3.63) is 28.3 Å². The lowest BCUT2D eigenvalue weighted by atomic mass is 9.75. The summed E-state index contributed by atoms with van der Waals surface area (Å²) in [5.41, 5.74) is 2.38. The summed E-state index contributed by atoms with van der Waals surface area (Å²) in [4.78, 5) is 0. The third-order valence-corrected chi connectivity index (χ3v) is 5.47. The highest BCUT2D eigenvalue weighted by Gasteiger charge is 2.39. The van der Waals surface area contributed by atoms with Gasteiger partial charge in [0.2, 0.25) is 0 Å². The summed E-state index contributed by atoms with van der Waals surface area (Å²) in [5.74, 6) is 0.970. The van der Waals surface area contributed by atoms with Gasteiger partial charge in [0.15, 0.2) is 0 Å². The first-order valence-corrected chi connectivity index (χ1v) is 8.14. The van der Waals surface area contributed by atoms with Gasteiger partial charge in [0, 0.05) is 17.9 Å². The molecule has 0 saturated heterocycles. The van der Waals surface area contributed by atoms with E-state index in [0.717, 1.165) is 48.6 Å². The summed E-state index contributed by atoms with van der Waals surface area (Å²) in [6, 6.07) is 3.96. The maximum absolute atomic E-state index is 10.8. The van der Waals surface area contributed by atoms with Crippen LogP contribution in [0.1, 0.15) is 50.2 Å². The van der Waals surface area contributed by atoms with Crippen molar-refractivity contribution in [2.75, 3.05) is 6.61 Å². The van der Waals surface area contributed by atoms with Crippen LogP contribution in [0.25, 0.3) is 0 Å². The minimum Gasteiger partial charge on any atom is -0.493 e. The molecular formula is C17H23ClO2. The van der Waals surface area contributed by atoms with Crippen molar-refractivity contribution >= 4 is 11.6 Å². The molecule has 0 amide bonds. The Morgan fingerprint density at radius 1 is 1.35 bits per heavy atom. The average molecular weight is 295 g/mol. The molecule has 20 heavy (non-hydrogen) atoms. The monoisotopic (exact) mass is 294 g/mol. The summed E-state index contributed by atoms with van der Waals surface area (Å²) in [5, 5.41) is 11.5. The lowest BCUT2D eigenvalue weighted by Gasteiger charge is -2.33. The van der Waals surface area contributed by atoms with Crippen LogP contribution in [0.5, 0.6) is 5.75 Å². The Labute approximate surface area is 126 Å². The molecule has 2 nitrogen and oxygen atoms in total. The van der Waals surface area contributed by atoms with Crippen molar-refractivity contribution in [1.29, 1.82) is 0 Å². The predicted octanol–water partition coefficient (Wildman–Crippen LogP) is 4.15. The molecule has 1 unspecified atom stereocenters. The molecule has 2 aliphatic rings. The molecule has 1 aliphatic heterocycles. The smallest absolute Gasteiger partial charge is 0.126 e. The van der Waals surface area contributed by atoms with Gasteiger partial charge >= 0.3 is 0 Å². The molecule has 110 valence electrons. The lowest BCUT2D eigenvalue weighted by molar-refractivity contribution is 0.0253. The summed E-state index contributed by atoms with van der Waals surface area (Å²) < 4.78 is 5.74. The largest absolute Gasteiger partial charge is 0.493 e. The van der Waals surface area contributed by atoms with Crippen LogP contribution in [-0.4, -0.2) is 17.8 Å². The van der Waals surface area contributed by atoms with Gasteiger partial charge < -0.3 is 9.84 Å². The Bertz CT molecular complexity index is 492. The molecule has 1 saturated carbocycles. The summed E-state index contributed by atoms with van der Waals surface area (Å²) in [6.07, 6.45) is 7.14. The van der Waals surface area contributed by atoms with E-state index in [4.69, 9.17) is 16.3 Å². The van der Waals surface area contributed by atoms with Crippen molar-refractivity contribution in [2.45, 2.75) is 58.0 Å². The van der Waals surface area contributed by atoms with Gasteiger partial charge in [-0.25, -0.2) is 0 Å². The van der Waals surface area contributed by atoms with E-state index in [1.54, 1.807) is 0 Å². The SMILES string of the molecule is CCC1(C(O)Cc2cc(Cl)cc3c2OCC3)CCCC1. The molecule has 1 atom stereocenters. The first-order valence-electron chi connectivity index (χ1n) is 7.77. The summed E-state index contributed by atoms with van der Waals surface area (Å²) in [6.45, 7) is 2.94. The number of halogens is 1. The molecule has 1 aromatic carbocycles. The molecule has 0 spiro atoms. The zero-order valence-corrected chi connectivity index (χ0v) is 12.9. The zero-order valence-electron chi connectivity index (χ0n) is 12.1. The summed E-state index contributed by atoms with van der Waals surface area (Å²) >= 11 is 6.20. The van der Waals surface area contributed by atoms with Gasteiger partial charge in [0.05, 0.1) is 12.7 Å². The Morgan fingerprint density at radius 2 is 2.10 bits per heavy atom. The van der Waals surface area contributed by atoms with E-state index >= 15 is 0 Å². The van der Waals surface area contributed by atoms with Crippen LogP contribution >= 0.6 is 11.6 Å². The lowest BCUT2D eigenvalue weighted by Crippen LogP contribution is -2.33. The van der Waals surface area contributed by atoms with Crippen molar-refractivity contribution in [3.8, 4) is 5.75 Å². The fourth-order valence-electron chi connectivity index (χ4n) is 3.92. The second-order valence-electron chi connectivity index (χ2n) is 6.29. The first kappa shape index (κ1) is 14.2. The van der Waals surface area contributed by atoms with Crippen molar-refractivity contribution in [3.63, 3.8) is 0 Å². The normalized spacial score (nSPS) is 21.6. The van der Waals surface area contributed by atoms with Crippen LogP contribution in [-0.2, 0) is 12.8 Å². The van der Waals surface area contributed by atoms with E-state index in [1.807, 2.05) is 12.1 Å². The van der Waals surface area contributed by atoms with Crippen LogP contribution in [0.3, 0.4) is 0 Å². The van der Waals surface area contributed by atoms with Crippen molar-refractivity contribution < 1.29 is 9.84 Å². The van der Waals surface area contributed by atoms with E-state index in [2.05, 4.69) is 6.92 Å². The second-order valence-corrected chi connectivity index (χ2v) is 6.73.